The summed E-state index contributed by atoms with van der Waals surface area (Å²) in [6.45, 7) is 0.368. The van der Waals surface area contributed by atoms with Crippen LogP contribution < -0.4 is 0 Å². The molecule has 0 aliphatic carbocycles. The second-order valence-corrected chi connectivity index (χ2v) is 4.75. The van der Waals surface area contributed by atoms with Crippen LogP contribution >= 0.6 is 11.8 Å². The van der Waals surface area contributed by atoms with Crippen LogP contribution in [0.4, 0.5) is 5.69 Å². The van der Waals surface area contributed by atoms with Gasteiger partial charge in [-0.2, -0.15) is 5.26 Å². The van der Waals surface area contributed by atoms with Gasteiger partial charge in [-0.15, -0.1) is 11.8 Å². The van der Waals surface area contributed by atoms with Gasteiger partial charge in [-0.1, -0.05) is 12.1 Å². The largest absolute Gasteiger partial charge is 0.344 e. The normalized spacial score (nSPS) is 9.68. The van der Waals surface area contributed by atoms with Gasteiger partial charge in [-0.3, -0.25) is 14.9 Å². The summed E-state index contributed by atoms with van der Waals surface area (Å²) in [7, 11) is 1.61. The molecule has 6 nitrogen and oxygen atoms in total. The molecule has 0 N–H and O–H groups in total. The number of carbonyl (C=O) groups excluding carboxylic acids is 1. The van der Waals surface area contributed by atoms with Crippen LogP contribution in [0, 0.1) is 21.4 Å². The van der Waals surface area contributed by atoms with Crippen molar-refractivity contribution in [2.45, 2.75) is 11.3 Å². The molecule has 1 aromatic rings. The fourth-order valence-corrected chi connectivity index (χ4v) is 2.29. The Hall–Kier alpha value is -2.07. The number of thioether (sulfide) groups is 1. The maximum Gasteiger partial charge on any atom is 0.282 e. The van der Waals surface area contributed by atoms with Crippen molar-refractivity contribution in [2.24, 2.45) is 0 Å². The van der Waals surface area contributed by atoms with E-state index >= 15 is 0 Å². The highest BCUT2D eigenvalue weighted by Crippen LogP contribution is 2.28. The summed E-state index contributed by atoms with van der Waals surface area (Å²) < 4.78 is 0. The third kappa shape index (κ3) is 4.60. The van der Waals surface area contributed by atoms with Gasteiger partial charge < -0.3 is 4.90 Å². The van der Waals surface area contributed by atoms with Gasteiger partial charge in [0.05, 0.1) is 28.1 Å². The number of para-hydroxylation sites is 1. The highest BCUT2D eigenvalue weighted by molar-refractivity contribution is 8.00. The summed E-state index contributed by atoms with van der Waals surface area (Å²) in [6, 6.07) is 8.27. The van der Waals surface area contributed by atoms with Gasteiger partial charge in [-0.25, -0.2) is 0 Å². The smallest absolute Gasteiger partial charge is 0.282 e. The molecule has 19 heavy (non-hydrogen) atoms. The quantitative estimate of drug-likeness (QED) is 0.452. The van der Waals surface area contributed by atoms with Gasteiger partial charge in [0.2, 0.25) is 5.91 Å². The molecular weight excluding hydrogens is 266 g/mol. The van der Waals surface area contributed by atoms with Gasteiger partial charge in [-0.05, 0) is 6.07 Å². The molecule has 1 rings (SSSR count). The lowest BCUT2D eigenvalue weighted by Crippen LogP contribution is -2.29. The molecule has 0 saturated heterocycles. The molecular formula is C12H13N3O3S. The van der Waals surface area contributed by atoms with Crippen molar-refractivity contribution >= 4 is 23.4 Å². The number of benzene rings is 1. The molecule has 0 fully saturated rings. The van der Waals surface area contributed by atoms with E-state index in [-0.39, 0.29) is 23.8 Å². The first-order valence-corrected chi connectivity index (χ1v) is 6.52. The standard InChI is InChI=1S/C12H13N3O3S/c1-14(8-4-7-13)12(16)9-19-11-6-3-2-5-10(11)15(17)18/h2-3,5-6H,4,8-9H2,1H3. The monoisotopic (exact) mass is 279 g/mol. The lowest BCUT2D eigenvalue weighted by atomic mass is 10.3. The maximum atomic E-state index is 11.7. The molecule has 1 amide bonds. The third-order valence-electron chi connectivity index (χ3n) is 2.40. The fraction of sp³-hybridized carbons (Fsp3) is 0.333. The number of nitro benzene ring substituents is 1. The van der Waals surface area contributed by atoms with Crippen molar-refractivity contribution in [1.29, 1.82) is 5.26 Å². The maximum absolute atomic E-state index is 11.7. The molecule has 0 heterocycles. The van der Waals surface area contributed by atoms with E-state index in [1.807, 2.05) is 6.07 Å². The van der Waals surface area contributed by atoms with Crippen LogP contribution in [0.25, 0.3) is 0 Å². The minimum atomic E-state index is -0.466. The van der Waals surface area contributed by atoms with E-state index in [1.165, 1.54) is 11.0 Å². The van der Waals surface area contributed by atoms with E-state index < -0.39 is 4.92 Å². The summed E-state index contributed by atoms with van der Waals surface area (Å²) in [6.07, 6.45) is 0.276. The van der Waals surface area contributed by atoms with E-state index in [0.717, 1.165) is 11.8 Å². The summed E-state index contributed by atoms with van der Waals surface area (Å²) >= 11 is 1.13. The van der Waals surface area contributed by atoms with Crippen molar-refractivity contribution in [2.75, 3.05) is 19.3 Å². The average molecular weight is 279 g/mol. The number of hydrogen-bond donors (Lipinski definition) is 0. The van der Waals surface area contributed by atoms with Crippen LogP contribution in [0.5, 0.6) is 0 Å². The first-order valence-electron chi connectivity index (χ1n) is 5.53. The number of nitrogens with zero attached hydrogens (tertiary/aromatic N) is 3. The molecule has 0 atom stereocenters. The van der Waals surface area contributed by atoms with Crippen LogP contribution in [-0.4, -0.2) is 35.1 Å². The Balaban J connectivity index is 2.60. The zero-order valence-electron chi connectivity index (χ0n) is 10.4. The lowest BCUT2D eigenvalue weighted by Gasteiger charge is -2.14. The Kier molecular flexibility index (Phi) is 5.82. The Bertz CT molecular complexity index is 513. The van der Waals surface area contributed by atoms with E-state index in [9.17, 15) is 14.9 Å². The summed E-state index contributed by atoms with van der Waals surface area (Å²) in [5, 5.41) is 19.2. The summed E-state index contributed by atoms with van der Waals surface area (Å²) in [5.74, 6) is -0.0364. The number of nitro groups is 1. The highest BCUT2D eigenvalue weighted by Gasteiger charge is 2.15. The van der Waals surface area contributed by atoms with Crippen molar-refractivity contribution in [1.82, 2.24) is 4.90 Å². The van der Waals surface area contributed by atoms with Gasteiger partial charge in [0, 0.05) is 19.7 Å². The molecule has 1 aromatic carbocycles. The number of rotatable bonds is 6. The van der Waals surface area contributed by atoms with Crippen molar-refractivity contribution in [3.8, 4) is 6.07 Å². The number of hydrogen-bond acceptors (Lipinski definition) is 5. The zero-order valence-corrected chi connectivity index (χ0v) is 11.2. The molecule has 0 aromatic heterocycles. The number of carbonyl (C=O) groups is 1. The van der Waals surface area contributed by atoms with Gasteiger partial charge >= 0.3 is 0 Å². The predicted octanol–water partition coefficient (Wildman–Crippen LogP) is 2.06. The minimum absolute atomic E-state index is 0.0000204. The average Bonchev–Trinajstić information content (AvgIpc) is 2.42. The first-order chi connectivity index (χ1) is 9.06. The van der Waals surface area contributed by atoms with Crippen LogP contribution in [0.1, 0.15) is 6.42 Å². The van der Waals surface area contributed by atoms with E-state index in [1.54, 1.807) is 25.2 Å². The van der Waals surface area contributed by atoms with Crippen molar-refractivity contribution in [3.63, 3.8) is 0 Å². The Morgan fingerprint density at radius 2 is 2.21 bits per heavy atom. The molecule has 7 heteroatoms. The predicted molar refractivity (Wildman–Crippen MR) is 71.7 cm³/mol. The molecule has 0 saturated carbocycles. The molecule has 0 radical (unpaired) electrons. The van der Waals surface area contributed by atoms with Crippen molar-refractivity contribution in [3.05, 3.63) is 34.4 Å². The lowest BCUT2D eigenvalue weighted by molar-refractivity contribution is -0.387. The molecule has 100 valence electrons. The van der Waals surface area contributed by atoms with Gasteiger partial charge in [0.1, 0.15) is 0 Å². The van der Waals surface area contributed by atoms with Crippen LogP contribution in [0.2, 0.25) is 0 Å². The Morgan fingerprint density at radius 1 is 1.53 bits per heavy atom. The number of nitriles is 1. The van der Waals surface area contributed by atoms with Crippen LogP contribution in [-0.2, 0) is 4.79 Å². The molecule has 0 bridgehead atoms. The van der Waals surface area contributed by atoms with E-state index in [2.05, 4.69) is 0 Å². The van der Waals surface area contributed by atoms with Gasteiger partial charge in [0.25, 0.3) is 5.69 Å². The second-order valence-electron chi connectivity index (χ2n) is 3.74. The third-order valence-corrected chi connectivity index (χ3v) is 3.45. The summed E-state index contributed by atoms with van der Waals surface area (Å²) in [5.41, 5.74) is -0.0000204. The zero-order chi connectivity index (χ0) is 14.3. The Morgan fingerprint density at radius 3 is 2.84 bits per heavy atom. The summed E-state index contributed by atoms with van der Waals surface area (Å²) in [4.78, 5) is 24.0. The fourth-order valence-electron chi connectivity index (χ4n) is 1.32. The van der Waals surface area contributed by atoms with Gasteiger partial charge in [0.15, 0.2) is 0 Å². The highest BCUT2D eigenvalue weighted by atomic mass is 32.2. The molecule has 0 unspecified atom stereocenters. The second kappa shape index (κ2) is 7.38. The number of amides is 1. The molecule has 0 aliphatic rings. The Labute approximate surface area is 115 Å². The first kappa shape index (κ1) is 15.0. The van der Waals surface area contributed by atoms with Crippen LogP contribution in [0.15, 0.2) is 29.2 Å². The molecule has 0 aliphatic heterocycles. The van der Waals surface area contributed by atoms with E-state index in [4.69, 9.17) is 5.26 Å². The van der Waals surface area contributed by atoms with Crippen molar-refractivity contribution < 1.29 is 9.72 Å². The molecule has 0 spiro atoms. The SMILES string of the molecule is CN(CCC#N)C(=O)CSc1ccccc1[N+](=O)[O-]. The van der Waals surface area contributed by atoms with Crippen LogP contribution in [0.3, 0.4) is 0 Å². The minimum Gasteiger partial charge on any atom is -0.344 e. The van der Waals surface area contributed by atoms with E-state index in [0.29, 0.717) is 11.4 Å². The topological polar surface area (TPSA) is 87.2 Å².